The van der Waals surface area contributed by atoms with Gasteiger partial charge in [-0.25, -0.2) is 13.4 Å². The predicted octanol–water partition coefficient (Wildman–Crippen LogP) is 2.05. The molecule has 6 nitrogen and oxygen atoms in total. The molecule has 1 aromatic carbocycles. The number of nitrogens with zero attached hydrogens (tertiary/aromatic N) is 2. The fraction of sp³-hybridized carbons (Fsp3) is 0.500. The second-order valence-electron chi connectivity index (χ2n) is 6.51. The maximum Gasteiger partial charge on any atom is 0.243 e. The van der Waals surface area contributed by atoms with Crippen molar-refractivity contribution in [3.05, 3.63) is 30.5 Å². The quantitative estimate of drug-likeness (QED) is 0.755. The van der Waals surface area contributed by atoms with Crippen molar-refractivity contribution in [3.63, 3.8) is 0 Å². The average molecular weight is 395 g/mol. The molecule has 0 bridgehead atoms. The van der Waals surface area contributed by atoms with Crippen LogP contribution in [-0.4, -0.2) is 55.7 Å². The van der Waals surface area contributed by atoms with E-state index in [2.05, 4.69) is 10.3 Å². The molecule has 1 aliphatic rings. The van der Waals surface area contributed by atoms with Gasteiger partial charge in [-0.2, -0.15) is 4.31 Å². The van der Waals surface area contributed by atoms with Crippen molar-refractivity contribution in [1.82, 2.24) is 14.6 Å². The summed E-state index contributed by atoms with van der Waals surface area (Å²) in [6, 6.07) is 7.12. The number of pyridine rings is 1. The molecular formula is C18H26N4O2S2. The van der Waals surface area contributed by atoms with E-state index in [1.165, 1.54) is 0 Å². The molecule has 1 aromatic heterocycles. The van der Waals surface area contributed by atoms with Crippen LogP contribution in [0, 0.1) is 0 Å². The first kappa shape index (κ1) is 19.6. The van der Waals surface area contributed by atoms with Gasteiger partial charge in [0.05, 0.1) is 4.90 Å². The van der Waals surface area contributed by atoms with Gasteiger partial charge >= 0.3 is 0 Å². The second kappa shape index (κ2) is 8.67. The Balaban J connectivity index is 1.95. The molecule has 1 fully saturated rings. The van der Waals surface area contributed by atoms with E-state index in [-0.39, 0.29) is 6.04 Å². The van der Waals surface area contributed by atoms with Gasteiger partial charge in [0.15, 0.2) is 0 Å². The van der Waals surface area contributed by atoms with Crippen LogP contribution in [0.4, 0.5) is 0 Å². The number of hydrogen-bond donors (Lipinski definition) is 2. The normalized spacial score (nSPS) is 20.0. The highest BCUT2D eigenvalue weighted by atomic mass is 32.2. The molecule has 0 aliphatic carbocycles. The summed E-state index contributed by atoms with van der Waals surface area (Å²) < 4.78 is 28.1. The molecule has 0 radical (unpaired) electrons. The molecular weight excluding hydrogens is 368 g/mol. The maximum absolute atomic E-state index is 13.2. The lowest BCUT2D eigenvalue weighted by atomic mass is 10.2. The minimum absolute atomic E-state index is 0.0656. The number of nitrogens with one attached hydrogen (secondary N) is 1. The summed E-state index contributed by atoms with van der Waals surface area (Å²) in [7, 11) is -3.53. The fourth-order valence-electron chi connectivity index (χ4n) is 3.20. The lowest BCUT2D eigenvalue weighted by Crippen LogP contribution is -2.46. The molecule has 1 atom stereocenters. The Morgan fingerprint density at radius 3 is 3.00 bits per heavy atom. The monoisotopic (exact) mass is 394 g/mol. The van der Waals surface area contributed by atoms with Gasteiger partial charge < -0.3 is 11.1 Å². The number of benzene rings is 1. The largest absolute Gasteiger partial charge is 0.330 e. The lowest BCUT2D eigenvalue weighted by Gasteiger charge is -2.30. The first-order valence-electron chi connectivity index (χ1n) is 8.98. The number of thioether (sulfide) groups is 1. The molecule has 1 saturated heterocycles. The number of sulfonamides is 1. The minimum atomic E-state index is -3.53. The summed E-state index contributed by atoms with van der Waals surface area (Å²) in [6.45, 7) is 4.73. The molecule has 0 unspecified atom stereocenters. The number of hydrogen-bond acceptors (Lipinski definition) is 6. The zero-order valence-corrected chi connectivity index (χ0v) is 16.7. The van der Waals surface area contributed by atoms with E-state index < -0.39 is 10.0 Å². The Morgan fingerprint density at radius 2 is 2.19 bits per heavy atom. The molecule has 0 saturated carbocycles. The highest BCUT2D eigenvalue weighted by Crippen LogP contribution is 2.29. The van der Waals surface area contributed by atoms with E-state index in [4.69, 9.17) is 5.73 Å². The van der Waals surface area contributed by atoms with Gasteiger partial charge in [0, 0.05) is 43.0 Å². The molecule has 26 heavy (non-hydrogen) atoms. The molecule has 0 amide bonds. The van der Waals surface area contributed by atoms with Crippen molar-refractivity contribution < 1.29 is 8.42 Å². The summed E-state index contributed by atoms with van der Waals surface area (Å²) in [5.41, 5.74) is 5.58. The van der Waals surface area contributed by atoms with Crippen molar-refractivity contribution in [3.8, 4) is 0 Å². The third kappa shape index (κ3) is 4.20. The third-order valence-corrected chi connectivity index (χ3v) is 7.62. The average Bonchev–Trinajstić information content (AvgIpc) is 2.62. The first-order chi connectivity index (χ1) is 12.5. The van der Waals surface area contributed by atoms with Gasteiger partial charge in [-0.1, -0.05) is 6.07 Å². The molecule has 3 rings (SSSR count). The molecule has 8 heteroatoms. The van der Waals surface area contributed by atoms with E-state index in [0.717, 1.165) is 40.9 Å². The number of nitrogens with two attached hydrogens (primary N) is 1. The van der Waals surface area contributed by atoms with Crippen molar-refractivity contribution in [1.29, 1.82) is 0 Å². The van der Waals surface area contributed by atoms with Gasteiger partial charge in [-0.3, -0.25) is 0 Å². The summed E-state index contributed by atoms with van der Waals surface area (Å²) >= 11 is 1.59. The zero-order chi connectivity index (χ0) is 18.6. The van der Waals surface area contributed by atoms with E-state index in [1.807, 2.05) is 19.1 Å². The molecule has 142 valence electrons. The van der Waals surface area contributed by atoms with Gasteiger partial charge in [0.1, 0.15) is 5.03 Å². The van der Waals surface area contributed by atoms with Crippen molar-refractivity contribution in [2.24, 2.45) is 5.73 Å². The van der Waals surface area contributed by atoms with Gasteiger partial charge in [-0.15, -0.1) is 11.8 Å². The lowest BCUT2D eigenvalue weighted by molar-refractivity contribution is 0.301. The number of aromatic nitrogens is 1. The second-order valence-corrected chi connectivity index (χ2v) is 9.49. The van der Waals surface area contributed by atoms with E-state index in [1.54, 1.807) is 34.4 Å². The summed E-state index contributed by atoms with van der Waals surface area (Å²) in [6.07, 6.45) is 3.58. The van der Waals surface area contributed by atoms with E-state index in [0.29, 0.717) is 24.5 Å². The van der Waals surface area contributed by atoms with Crippen LogP contribution in [0.5, 0.6) is 0 Å². The van der Waals surface area contributed by atoms with Crippen molar-refractivity contribution >= 4 is 32.6 Å². The van der Waals surface area contributed by atoms with Crippen LogP contribution in [0.25, 0.3) is 10.8 Å². The number of fused-ring (bicyclic) bond motifs is 1. The van der Waals surface area contributed by atoms with Gasteiger partial charge in [-0.05, 0) is 49.9 Å². The predicted molar refractivity (Wildman–Crippen MR) is 107 cm³/mol. The molecule has 3 N–H and O–H groups in total. The zero-order valence-electron chi connectivity index (χ0n) is 15.0. The van der Waals surface area contributed by atoms with Crippen molar-refractivity contribution in [2.75, 3.05) is 31.9 Å². The fourth-order valence-corrected chi connectivity index (χ4v) is 5.70. The van der Waals surface area contributed by atoms with Crippen LogP contribution < -0.4 is 11.1 Å². The molecule has 1 aliphatic heterocycles. The van der Waals surface area contributed by atoms with E-state index in [9.17, 15) is 8.42 Å². The third-order valence-electron chi connectivity index (χ3n) is 4.58. The Morgan fingerprint density at radius 1 is 1.35 bits per heavy atom. The molecule has 2 aromatic rings. The first-order valence-corrected chi connectivity index (χ1v) is 11.4. The minimum Gasteiger partial charge on any atom is -0.330 e. The van der Waals surface area contributed by atoms with Crippen LogP contribution in [-0.2, 0) is 10.0 Å². The number of rotatable bonds is 5. The van der Waals surface area contributed by atoms with Crippen LogP contribution in [0.1, 0.15) is 19.8 Å². The maximum atomic E-state index is 13.2. The van der Waals surface area contributed by atoms with Crippen molar-refractivity contribution in [2.45, 2.75) is 35.7 Å². The van der Waals surface area contributed by atoms with Crippen LogP contribution >= 0.6 is 11.8 Å². The van der Waals surface area contributed by atoms with Gasteiger partial charge in [0.25, 0.3) is 0 Å². The van der Waals surface area contributed by atoms with E-state index >= 15 is 0 Å². The summed E-state index contributed by atoms with van der Waals surface area (Å²) in [5.74, 6) is 0.782. The SMILES string of the molecule is C[C@@H]1CNCCCCN1S(=O)(=O)c1ccc2c(SCCN)nccc2c1. The molecule has 0 spiro atoms. The summed E-state index contributed by atoms with van der Waals surface area (Å²) in [4.78, 5) is 4.75. The topological polar surface area (TPSA) is 88.3 Å². The van der Waals surface area contributed by atoms with Gasteiger partial charge in [0.2, 0.25) is 10.0 Å². The smallest absolute Gasteiger partial charge is 0.243 e. The van der Waals surface area contributed by atoms with Crippen LogP contribution in [0.2, 0.25) is 0 Å². The Labute approximate surface area is 159 Å². The van der Waals surface area contributed by atoms with Crippen LogP contribution in [0.3, 0.4) is 0 Å². The Bertz CT molecular complexity index is 857. The highest BCUT2D eigenvalue weighted by molar-refractivity contribution is 7.99. The van der Waals surface area contributed by atoms with Crippen LogP contribution in [0.15, 0.2) is 40.4 Å². The summed E-state index contributed by atoms with van der Waals surface area (Å²) in [5, 5.41) is 6.06. The standard InChI is InChI=1S/C18H26N4O2S2/c1-14-13-20-8-2-3-10-22(14)26(23,24)16-4-5-17-15(12-16)6-9-21-18(17)25-11-7-19/h4-6,9,12,14,20H,2-3,7-8,10-11,13,19H2,1H3/t14-/m1/s1. The molecule has 2 heterocycles. The Kier molecular flexibility index (Phi) is 6.52. The highest BCUT2D eigenvalue weighted by Gasteiger charge is 2.29. The Hall–Kier alpha value is -1.19.